The molecule has 1 spiro atoms. The average Bonchev–Trinajstić information content (AvgIpc) is 3.68. The maximum Gasteiger partial charge on any atom is 0.253 e. The standard InChI is InChI=1S/C39H51N3O6/c1-7-23-40(29-17-19-30(20-18-29)47-10-4)35(44)31-32-36(45)42(25-12-11-13-26-43)34(39(32)22-21-38(31,9-3)48-39)37(46)41(24-8-2)33-27(5)15-14-16-28(33)6/h7-8,14-20,31-32,34,43H,1-2,9-13,21-26H2,3-6H3/t31-,32+,34?,38+,39?/m1/s1. The highest BCUT2D eigenvalue weighted by Crippen LogP contribution is 2.65. The summed E-state index contributed by atoms with van der Waals surface area (Å²) < 4.78 is 12.7. The lowest BCUT2D eigenvalue weighted by Crippen LogP contribution is -2.57. The fourth-order valence-corrected chi connectivity index (χ4v) is 8.49. The molecule has 2 aromatic carbocycles. The fraction of sp³-hybridized carbons (Fsp3) is 0.513. The second kappa shape index (κ2) is 14.7. The number of carbonyl (C=O) groups excluding carboxylic acids is 3. The lowest BCUT2D eigenvalue weighted by Gasteiger charge is -2.37. The van der Waals surface area contributed by atoms with Crippen LogP contribution in [0.15, 0.2) is 67.8 Å². The summed E-state index contributed by atoms with van der Waals surface area (Å²) in [6.45, 7) is 17.2. The topological polar surface area (TPSA) is 99.6 Å². The summed E-state index contributed by atoms with van der Waals surface area (Å²) in [5, 5.41) is 9.43. The third-order valence-electron chi connectivity index (χ3n) is 10.6. The number of amides is 3. The van der Waals surface area contributed by atoms with Gasteiger partial charge in [-0.1, -0.05) is 37.3 Å². The molecule has 0 aliphatic carbocycles. The Bertz CT molecular complexity index is 1500. The Morgan fingerprint density at radius 1 is 0.979 bits per heavy atom. The molecular formula is C39H51N3O6. The van der Waals surface area contributed by atoms with Gasteiger partial charge in [-0.2, -0.15) is 0 Å². The maximum atomic E-state index is 15.1. The molecule has 3 aliphatic rings. The molecule has 0 aromatic heterocycles. The Hall–Kier alpha value is -3.95. The minimum absolute atomic E-state index is 0.0614. The predicted octanol–water partition coefficient (Wildman–Crippen LogP) is 5.76. The van der Waals surface area contributed by atoms with Crippen molar-refractivity contribution >= 4 is 29.1 Å². The van der Waals surface area contributed by atoms with Crippen LogP contribution in [0.4, 0.5) is 11.4 Å². The second-order valence-corrected chi connectivity index (χ2v) is 13.3. The number of nitrogens with zero attached hydrogens (tertiary/aromatic N) is 3. The number of ether oxygens (including phenoxy) is 2. The number of fused-ring (bicyclic) bond motifs is 1. The number of hydrogen-bond donors (Lipinski definition) is 1. The third kappa shape index (κ3) is 5.96. The van der Waals surface area contributed by atoms with Crippen LogP contribution < -0.4 is 14.5 Å². The van der Waals surface area contributed by atoms with Gasteiger partial charge in [-0.25, -0.2) is 0 Å². The molecule has 0 saturated carbocycles. The van der Waals surface area contributed by atoms with Crippen LogP contribution in [-0.4, -0.2) is 77.8 Å². The summed E-state index contributed by atoms with van der Waals surface area (Å²) in [6.07, 6.45) is 6.93. The van der Waals surface area contributed by atoms with Crippen molar-refractivity contribution in [3.8, 4) is 5.75 Å². The Kier molecular flexibility index (Phi) is 10.8. The van der Waals surface area contributed by atoms with Crippen molar-refractivity contribution in [1.82, 2.24) is 4.90 Å². The molecule has 3 amide bonds. The van der Waals surface area contributed by atoms with Gasteiger partial charge in [-0.05, 0) is 94.7 Å². The van der Waals surface area contributed by atoms with Crippen LogP contribution in [0.3, 0.4) is 0 Å². The minimum Gasteiger partial charge on any atom is -0.494 e. The van der Waals surface area contributed by atoms with E-state index >= 15 is 4.79 Å². The van der Waals surface area contributed by atoms with E-state index in [4.69, 9.17) is 9.47 Å². The highest BCUT2D eigenvalue weighted by molar-refractivity contribution is 6.07. The number of carbonyl (C=O) groups is 3. The lowest BCUT2D eigenvalue weighted by atomic mass is 9.64. The summed E-state index contributed by atoms with van der Waals surface area (Å²) in [6, 6.07) is 12.4. The van der Waals surface area contributed by atoms with Gasteiger partial charge in [0.05, 0.1) is 24.0 Å². The molecule has 3 saturated heterocycles. The first kappa shape index (κ1) is 35.4. The normalized spacial score (nSPS) is 25.6. The summed E-state index contributed by atoms with van der Waals surface area (Å²) in [4.78, 5) is 49.9. The fourth-order valence-electron chi connectivity index (χ4n) is 8.49. The van der Waals surface area contributed by atoms with E-state index in [1.54, 1.807) is 26.9 Å². The van der Waals surface area contributed by atoms with Gasteiger partial charge >= 0.3 is 0 Å². The van der Waals surface area contributed by atoms with E-state index in [0.29, 0.717) is 63.1 Å². The predicted molar refractivity (Wildman–Crippen MR) is 188 cm³/mol. The first-order valence-corrected chi connectivity index (χ1v) is 17.4. The molecule has 258 valence electrons. The highest BCUT2D eigenvalue weighted by Gasteiger charge is 2.79. The van der Waals surface area contributed by atoms with E-state index in [0.717, 1.165) is 16.8 Å². The van der Waals surface area contributed by atoms with E-state index in [-0.39, 0.29) is 37.4 Å². The zero-order valence-corrected chi connectivity index (χ0v) is 29.0. The summed E-state index contributed by atoms with van der Waals surface area (Å²) in [5.41, 5.74) is 1.33. The van der Waals surface area contributed by atoms with Crippen LogP contribution in [0.2, 0.25) is 0 Å². The van der Waals surface area contributed by atoms with Crippen molar-refractivity contribution in [3.63, 3.8) is 0 Å². The molecule has 48 heavy (non-hydrogen) atoms. The summed E-state index contributed by atoms with van der Waals surface area (Å²) in [5.74, 6) is -1.52. The van der Waals surface area contributed by atoms with Gasteiger partial charge in [0, 0.05) is 37.6 Å². The number of benzene rings is 2. The average molecular weight is 658 g/mol. The van der Waals surface area contributed by atoms with Gasteiger partial charge in [0.15, 0.2) is 0 Å². The number of anilines is 2. The zero-order chi connectivity index (χ0) is 34.6. The van der Waals surface area contributed by atoms with E-state index in [1.807, 2.05) is 70.2 Å². The minimum atomic E-state index is -1.16. The Balaban J connectivity index is 1.60. The van der Waals surface area contributed by atoms with Crippen molar-refractivity contribution in [2.45, 2.75) is 83.5 Å². The Morgan fingerprint density at radius 3 is 2.25 bits per heavy atom. The van der Waals surface area contributed by atoms with Gasteiger partial charge < -0.3 is 29.3 Å². The number of hydrogen-bond acceptors (Lipinski definition) is 6. The number of likely N-dealkylation sites (tertiary alicyclic amines) is 1. The number of rotatable bonds is 16. The monoisotopic (exact) mass is 657 g/mol. The maximum absolute atomic E-state index is 15.1. The molecule has 3 fully saturated rings. The van der Waals surface area contributed by atoms with Crippen LogP contribution in [0.1, 0.15) is 63.5 Å². The molecule has 2 aromatic rings. The number of unbranched alkanes of at least 4 members (excludes halogenated alkanes) is 2. The molecular weight excluding hydrogens is 606 g/mol. The third-order valence-corrected chi connectivity index (χ3v) is 10.6. The van der Waals surface area contributed by atoms with Crippen LogP contribution >= 0.6 is 0 Å². The van der Waals surface area contributed by atoms with Crippen LogP contribution in [0, 0.1) is 25.7 Å². The van der Waals surface area contributed by atoms with Crippen molar-refractivity contribution in [2.24, 2.45) is 11.8 Å². The molecule has 9 heteroatoms. The van der Waals surface area contributed by atoms with Crippen molar-refractivity contribution in [3.05, 3.63) is 78.9 Å². The first-order chi connectivity index (χ1) is 23.1. The largest absolute Gasteiger partial charge is 0.494 e. The molecule has 1 N–H and O–H groups in total. The first-order valence-electron chi connectivity index (χ1n) is 17.4. The molecule has 3 heterocycles. The van der Waals surface area contributed by atoms with Gasteiger partial charge in [0.25, 0.3) is 5.91 Å². The number of para-hydroxylation sites is 1. The molecule has 3 aliphatic heterocycles. The SMILES string of the molecule is C=CCN(C(=O)[C@H]1[C@H]2C(=O)N(CCCCCO)C(C(=O)N(CC=C)c3c(C)cccc3C)C23CC[C@]1(CC)O3)c1ccc(OCC)cc1. The Morgan fingerprint density at radius 2 is 1.65 bits per heavy atom. The number of aryl methyl sites for hydroxylation is 2. The van der Waals surface area contributed by atoms with Crippen molar-refractivity contribution in [1.29, 1.82) is 0 Å². The van der Waals surface area contributed by atoms with E-state index < -0.39 is 29.1 Å². The molecule has 5 atom stereocenters. The van der Waals surface area contributed by atoms with Gasteiger partial charge in [-0.15, -0.1) is 13.2 Å². The van der Waals surface area contributed by atoms with Crippen molar-refractivity contribution < 1.29 is 29.0 Å². The smallest absolute Gasteiger partial charge is 0.253 e. The van der Waals surface area contributed by atoms with Gasteiger partial charge in [-0.3, -0.25) is 14.4 Å². The molecule has 9 nitrogen and oxygen atoms in total. The zero-order valence-electron chi connectivity index (χ0n) is 29.0. The van der Waals surface area contributed by atoms with Gasteiger partial charge in [0.2, 0.25) is 11.8 Å². The van der Waals surface area contributed by atoms with E-state index in [9.17, 15) is 14.7 Å². The lowest BCUT2D eigenvalue weighted by molar-refractivity contribution is -0.146. The second-order valence-electron chi connectivity index (χ2n) is 13.3. The molecule has 2 unspecified atom stereocenters. The summed E-state index contributed by atoms with van der Waals surface area (Å²) in [7, 11) is 0. The molecule has 2 bridgehead atoms. The number of aliphatic hydroxyl groups excluding tert-OH is 1. The van der Waals surface area contributed by atoms with Crippen LogP contribution in [0.25, 0.3) is 0 Å². The van der Waals surface area contributed by atoms with Crippen LogP contribution in [-0.2, 0) is 19.1 Å². The van der Waals surface area contributed by atoms with Crippen LogP contribution in [0.5, 0.6) is 5.75 Å². The van der Waals surface area contributed by atoms with Gasteiger partial charge in [0.1, 0.15) is 17.4 Å². The van der Waals surface area contributed by atoms with E-state index in [2.05, 4.69) is 13.2 Å². The van der Waals surface area contributed by atoms with E-state index in [1.165, 1.54) is 0 Å². The Labute approximate surface area is 285 Å². The quantitative estimate of drug-likeness (QED) is 0.182. The molecule has 0 radical (unpaired) electrons. The summed E-state index contributed by atoms with van der Waals surface area (Å²) >= 11 is 0. The highest BCUT2D eigenvalue weighted by atomic mass is 16.5. The van der Waals surface area contributed by atoms with Crippen molar-refractivity contribution in [2.75, 3.05) is 42.6 Å². The number of aliphatic hydroxyl groups is 1. The molecule has 5 rings (SSSR count).